The van der Waals surface area contributed by atoms with Crippen LogP contribution >= 0.6 is 23.8 Å². The van der Waals surface area contributed by atoms with Crippen LogP contribution in [0.1, 0.15) is 90.5 Å². The zero-order chi connectivity index (χ0) is 39.0. The van der Waals surface area contributed by atoms with Gasteiger partial charge in [-0.15, -0.1) is 0 Å². The molecule has 0 bridgehead atoms. The molecule has 0 spiro atoms. The number of hydrogen-bond acceptors (Lipinski definition) is 0. The lowest BCUT2D eigenvalue weighted by Crippen LogP contribution is -2.31. The SMILES string of the molecule is Cc1cc(C)cc(P(C2=CC=CC2[C@@H](C)P(C2CCCCC2)[C@H](C)C2C=CC=C2P(c2cc(C)cc(C)c2)c2cc(C)cc(C)c2)c2cc(C)cc(C)c2)c1. The summed E-state index contributed by atoms with van der Waals surface area (Å²) < 4.78 is 0. The molecule has 0 saturated heterocycles. The fraction of sp³-hybridized carbons (Fsp3) is 0.385. The van der Waals surface area contributed by atoms with E-state index in [1.165, 1.54) is 97.8 Å². The minimum absolute atomic E-state index is 0.315. The molecule has 1 saturated carbocycles. The molecule has 0 amide bonds. The molecule has 0 N–H and O–H groups in total. The number of aryl methyl sites for hydroxylation is 8. The van der Waals surface area contributed by atoms with E-state index in [-0.39, 0.29) is 7.92 Å². The van der Waals surface area contributed by atoms with Crippen molar-refractivity contribution < 1.29 is 0 Å². The van der Waals surface area contributed by atoms with Crippen molar-refractivity contribution in [2.24, 2.45) is 11.8 Å². The normalized spacial score (nSPS) is 20.3. The topological polar surface area (TPSA) is 0 Å². The summed E-state index contributed by atoms with van der Waals surface area (Å²) in [5.41, 5.74) is 13.0. The van der Waals surface area contributed by atoms with Gasteiger partial charge in [-0.2, -0.15) is 0 Å². The lowest BCUT2D eigenvalue weighted by Gasteiger charge is -2.45. The van der Waals surface area contributed by atoms with Crippen LogP contribution in [0.3, 0.4) is 0 Å². The van der Waals surface area contributed by atoms with Gasteiger partial charge in [-0.05, 0) is 133 Å². The van der Waals surface area contributed by atoms with Crippen LogP contribution in [0.5, 0.6) is 0 Å². The predicted octanol–water partition coefficient (Wildman–Crippen LogP) is 13.5. The summed E-state index contributed by atoms with van der Waals surface area (Å²) >= 11 is 0. The van der Waals surface area contributed by atoms with Gasteiger partial charge in [-0.3, -0.25) is 0 Å². The molecule has 7 rings (SSSR count). The molecule has 0 aliphatic heterocycles. The second-order valence-corrected chi connectivity index (χ2v) is 25.0. The molecular formula is C52H63P3. The van der Waals surface area contributed by atoms with Crippen LogP contribution in [0.25, 0.3) is 0 Å². The maximum absolute atomic E-state index is 2.68. The van der Waals surface area contributed by atoms with Crippen molar-refractivity contribution in [3.8, 4) is 0 Å². The van der Waals surface area contributed by atoms with Crippen molar-refractivity contribution in [2.45, 2.75) is 118 Å². The number of allylic oxidation sites excluding steroid dienone is 8. The van der Waals surface area contributed by atoms with Crippen LogP contribution in [0, 0.1) is 67.2 Å². The molecule has 3 aliphatic rings. The first-order valence-corrected chi connectivity index (χ1v) is 25.1. The van der Waals surface area contributed by atoms with Gasteiger partial charge < -0.3 is 0 Å². The van der Waals surface area contributed by atoms with Gasteiger partial charge in [-0.25, -0.2) is 0 Å². The third-order valence-electron chi connectivity index (χ3n) is 12.2. The van der Waals surface area contributed by atoms with Crippen molar-refractivity contribution in [1.82, 2.24) is 0 Å². The number of hydrogen-bond donors (Lipinski definition) is 0. The van der Waals surface area contributed by atoms with E-state index < -0.39 is 15.8 Å². The summed E-state index contributed by atoms with van der Waals surface area (Å²) in [6.07, 6.45) is 22.2. The van der Waals surface area contributed by atoms with Crippen LogP contribution in [0.4, 0.5) is 0 Å². The lowest BCUT2D eigenvalue weighted by molar-refractivity contribution is 0.503. The fourth-order valence-electron chi connectivity index (χ4n) is 10.2. The Bertz CT molecular complexity index is 1830. The molecular weight excluding hydrogens is 717 g/mol. The van der Waals surface area contributed by atoms with E-state index >= 15 is 0 Å². The van der Waals surface area contributed by atoms with E-state index in [1.54, 1.807) is 10.6 Å². The summed E-state index contributed by atoms with van der Waals surface area (Å²) in [7, 11) is -1.65. The van der Waals surface area contributed by atoms with Gasteiger partial charge in [0.1, 0.15) is 0 Å². The van der Waals surface area contributed by atoms with E-state index in [9.17, 15) is 0 Å². The Kier molecular flexibility index (Phi) is 12.7. The average molecular weight is 781 g/mol. The predicted molar refractivity (Wildman–Crippen MR) is 250 cm³/mol. The highest BCUT2D eigenvalue weighted by Gasteiger charge is 2.42. The maximum atomic E-state index is 2.68. The molecule has 3 heteroatoms. The van der Waals surface area contributed by atoms with Crippen LogP contribution in [0.15, 0.2) is 120 Å². The molecule has 1 fully saturated rings. The molecule has 4 aromatic carbocycles. The number of benzene rings is 4. The molecule has 2 unspecified atom stereocenters. The summed E-state index contributed by atoms with van der Waals surface area (Å²) in [5.74, 6) is 0.919. The van der Waals surface area contributed by atoms with E-state index in [1.807, 2.05) is 0 Å². The van der Waals surface area contributed by atoms with Crippen molar-refractivity contribution >= 4 is 45.0 Å². The first-order valence-electron chi connectivity index (χ1n) is 20.8. The Morgan fingerprint density at radius 3 is 1.00 bits per heavy atom. The van der Waals surface area contributed by atoms with Crippen LogP contribution in [-0.4, -0.2) is 17.0 Å². The van der Waals surface area contributed by atoms with Crippen molar-refractivity contribution in [3.63, 3.8) is 0 Å². The van der Waals surface area contributed by atoms with Gasteiger partial charge in [0.15, 0.2) is 0 Å². The maximum Gasteiger partial charge on any atom is 0.00969 e. The Labute approximate surface area is 338 Å². The van der Waals surface area contributed by atoms with E-state index in [0.29, 0.717) is 23.2 Å². The third-order valence-corrected chi connectivity index (χ3v) is 21.1. The Balaban J connectivity index is 1.30. The molecule has 0 radical (unpaired) electrons. The highest BCUT2D eigenvalue weighted by atomic mass is 31.1. The van der Waals surface area contributed by atoms with Gasteiger partial charge in [-0.1, -0.05) is 195 Å². The summed E-state index contributed by atoms with van der Waals surface area (Å²) in [5, 5.41) is 9.37. The Morgan fingerprint density at radius 1 is 0.418 bits per heavy atom. The van der Waals surface area contributed by atoms with E-state index in [4.69, 9.17) is 0 Å². The fourth-order valence-corrected chi connectivity index (χ4v) is 20.9. The molecule has 4 atom stereocenters. The van der Waals surface area contributed by atoms with Crippen LogP contribution in [0.2, 0.25) is 0 Å². The molecule has 0 aromatic heterocycles. The van der Waals surface area contributed by atoms with Gasteiger partial charge >= 0.3 is 0 Å². The van der Waals surface area contributed by atoms with Crippen molar-refractivity contribution in [2.75, 3.05) is 0 Å². The first kappa shape index (κ1) is 40.3. The summed E-state index contributed by atoms with van der Waals surface area (Å²) in [4.78, 5) is 0. The van der Waals surface area contributed by atoms with Crippen molar-refractivity contribution in [1.29, 1.82) is 0 Å². The molecule has 55 heavy (non-hydrogen) atoms. The molecule has 286 valence electrons. The summed E-state index contributed by atoms with van der Waals surface area (Å²) in [6.45, 7) is 23.6. The average Bonchev–Trinajstić information content (AvgIpc) is 3.78. The zero-order valence-electron chi connectivity index (χ0n) is 35.2. The van der Waals surface area contributed by atoms with Gasteiger partial charge in [0.2, 0.25) is 0 Å². The van der Waals surface area contributed by atoms with Gasteiger partial charge in [0.25, 0.3) is 0 Å². The van der Waals surface area contributed by atoms with E-state index in [0.717, 1.165) is 5.66 Å². The van der Waals surface area contributed by atoms with Crippen LogP contribution in [-0.2, 0) is 0 Å². The summed E-state index contributed by atoms with van der Waals surface area (Å²) in [6, 6.07) is 29.3. The van der Waals surface area contributed by atoms with Crippen molar-refractivity contribution in [3.05, 3.63) is 164 Å². The van der Waals surface area contributed by atoms with E-state index in [2.05, 4.69) is 178 Å². The number of rotatable bonds is 11. The highest BCUT2D eigenvalue weighted by molar-refractivity contribution is 7.77. The minimum Gasteiger partial charge on any atom is -0.0958 e. The highest BCUT2D eigenvalue weighted by Crippen LogP contribution is 2.65. The second kappa shape index (κ2) is 17.3. The lowest BCUT2D eigenvalue weighted by atomic mass is 10.0. The minimum atomic E-state index is -0.666. The molecule has 4 aromatic rings. The second-order valence-electron chi connectivity index (χ2n) is 17.3. The zero-order valence-corrected chi connectivity index (χ0v) is 37.8. The van der Waals surface area contributed by atoms with Gasteiger partial charge in [0.05, 0.1) is 0 Å². The molecule has 3 aliphatic carbocycles. The largest absolute Gasteiger partial charge is 0.0958 e. The quantitative estimate of drug-likeness (QED) is 0.133. The standard InChI is InChI=1S/C52H63P3/c1-34-22-35(2)27-45(26-34)54(46-28-36(3)23-37(4)29-46)51-20-14-18-49(51)42(9)53(44-16-12-11-13-17-44)43(10)50-19-15-21-52(50)55(47-30-38(5)24-39(6)31-47)48-32-40(7)25-41(8)33-48/h14-15,18-33,42-44,49-50H,11-13,16-17H2,1-10H3/t42-,43-,49?,50?,53?/m1/s1. The Morgan fingerprint density at radius 2 is 0.709 bits per heavy atom. The molecule has 0 heterocycles. The monoisotopic (exact) mass is 780 g/mol. The molecule has 0 nitrogen and oxygen atoms in total. The smallest absolute Gasteiger partial charge is 0.00969 e. The third kappa shape index (κ3) is 9.00. The first-order chi connectivity index (χ1) is 26.4. The van der Waals surface area contributed by atoms with Crippen LogP contribution < -0.4 is 21.2 Å². The van der Waals surface area contributed by atoms with Gasteiger partial charge in [0, 0.05) is 11.8 Å². The Hall–Kier alpha value is -2.87.